The van der Waals surface area contributed by atoms with Crippen LogP contribution in [0.5, 0.6) is 23.0 Å². The first-order chi connectivity index (χ1) is 17.8. The molecule has 10 nitrogen and oxygen atoms in total. The molecule has 0 spiro atoms. The van der Waals surface area contributed by atoms with Crippen LogP contribution in [-0.2, 0) is 25.6 Å². The molecule has 0 bridgehead atoms. The lowest BCUT2D eigenvalue weighted by Gasteiger charge is -2.15. The molecule has 0 saturated heterocycles. The van der Waals surface area contributed by atoms with Crippen LogP contribution in [0.25, 0.3) is 22.1 Å². The molecule has 0 radical (unpaired) electrons. The maximum atomic E-state index is 13.7. The van der Waals surface area contributed by atoms with Crippen LogP contribution in [0.4, 0.5) is 0 Å². The first kappa shape index (κ1) is 27.9. The minimum Gasteiger partial charge on any atom is -0.463 e. The molecule has 0 aliphatic carbocycles. The summed E-state index contributed by atoms with van der Waals surface area (Å²) in [6.07, 6.45) is 3.36. The van der Waals surface area contributed by atoms with Crippen LogP contribution in [-0.4, -0.2) is 23.9 Å². The third-order valence-corrected chi connectivity index (χ3v) is 5.00. The van der Waals surface area contributed by atoms with Crippen molar-refractivity contribution in [1.82, 2.24) is 0 Å². The first-order valence-electron chi connectivity index (χ1n) is 11.5. The smallest absolute Gasteiger partial charge is 0.308 e. The van der Waals surface area contributed by atoms with E-state index in [0.29, 0.717) is 17.5 Å². The summed E-state index contributed by atoms with van der Waals surface area (Å²) in [6.45, 7) is 8.54. The third-order valence-electron chi connectivity index (χ3n) is 5.00. The number of rotatable bonds is 7. The van der Waals surface area contributed by atoms with Crippen molar-refractivity contribution in [3.05, 3.63) is 58.0 Å². The average molecular weight is 523 g/mol. The zero-order valence-corrected chi connectivity index (χ0v) is 21.8. The molecule has 3 rings (SSSR count). The predicted octanol–water partition coefficient (Wildman–Crippen LogP) is 4.67. The van der Waals surface area contributed by atoms with Crippen molar-refractivity contribution in [2.45, 2.75) is 48.0 Å². The maximum absolute atomic E-state index is 13.7. The lowest BCUT2D eigenvalue weighted by molar-refractivity contribution is -0.134. The topological polar surface area (TPSA) is 135 Å². The molecule has 0 atom stereocenters. The summed E-state index contributed by atoms with van der Waals surface area (Å²) in [5.41, 5.74) is 1.24. The Morgan fingerprint density at radius 2 is 1.37 bits per heavy atom. The van der Waals surface area contributed by atoms with E-state index in [1.807, 2.05) is 19.9 Å². The summed E-state index contributed by atoms with van der Waals surface area (Å²) in [5.74, 6) is -2.77. The van der Waals surface area contributed by atoms with Gasteiger partial charge in [-0.1, -0.05) is 11.6 Å². The molecule has 2 aromatic carbocycles. The summed E-state index contributed by atoms with van der Waals surface area (Å²) in [4.78, 5) is 60.5. The molecule has 38 heavy (non-hydrogen) atoms. The number of carbonyl (C=O) groups excluding carboxylic acids is 4. The fourth-order valence-corrected chi connectivity index (χ4v) is 3.62. The molecule has 10 heteroatoms. The minimum atomic E-state index is -0.706. The van der Waals surface area contributed by atoms with Crippen molar-refractivity contribution >= 4 is 34.8 Å². The summed E-state index contributed by atoms with van der Waals surface area (Å²) < 4.78 is 26.7. The summed E-state index contributed by atoms with van der Waals surface area (Å²) in [5, 5.41) is -0.0717. The Balaban J connectivity index is 2.33. The summed E-state index contributed by atoms with van der Waals surface area (Å²) in [7, 11) is 0. The van der Waals surface area contributed by atoms with Crippen molar-refractivity contribution in [2.24, 2.45) is 0 Å². The van der Waals surface area contributed by atoms with E-state index in [0.717, 1.165) is 12.5 Å². The van der Waals surface area contributed by atoms with Crippen LogP contribution in [0.2, 0.25) is 0 Å². The van der Waals surface area contributed by atoms with Crippen LogP contribution in [0.3, 0.4) is 0 Å². The highest BCUT2D eigenvalue weighted by atomic mass is 16.6. The fraction of sp³-hybridized carbons (Fsp3) is 0.250. The zero-order valence-electron chi connectivity index (χ0n) is 21.8. The van der Waals surface area contributed by atoms with Crippen molar-refractivity contribution in [2.75, 3.05) is 0 Å². The molecule has 0 fully saturated rings. The van der Waals surface area contributed by atoms with Crippen LogP contribution < -0.4 is 24.4 Å². The predicted molar refractivity (Wildman–Crippen MR) is 136 cm³/mol. The number of carbonyl (C=O) groups is 4. The molecule has 198 valence electrons. The highest BCUT2D eigenvalue weighted by molar-refractivity contribution is 5.91. The van der Waals surface area contributed by atoms with Gasteiger partial charge in [0.2, 0.25) is 5.43 Å². The van der Waals surface area contributed by atoms with Gasteiger partial charge in [0.05, 0.1) is 5.56 Å². The molecule has 0 saturated carbocycles. The number of benzene rings is 2. The lowest BCUT2D eigenvalue weighted by Crippen LogP contribution is -2.12. The van der Waals surface area contributed by atoms with E-state index >= 15 is 0 Å². The number of hydrogen-bond donors (Lipinski definition) is 0. The largest absolute Gasteiger partial charge is 0.463 e. The SMILES string of the molecule is CC(=O)Oc1cc(OC(C)=O)c2c(=O)c(-c3cc(CC=C(C)C)c(OC(C)=O)c(OC(C)=O)c3)coc2c1. The van der Waals surface area contributed by atoms with Gasteiger partial charge in [0, 0.05) is 45.4 Å². The molecule has 0 N–H and O–H groups in total. The zero-order chi connectivity index (χ0) is 28.1. The quantitative estimate of drug-likeness (QED) is 0.245. The van der Waals surface area contributed by atoms with Crippen LogP contribution >= 0.6 is 0 Å². The third kappa shape index (κ3) is 6.73. The molecule has 3 aromatic rings. The van der Waals surface area contributed by atoms with Crippen LogP contribution in [0.15, 0.2) is 51.4 Å². The second kappa shape index (κ2) is 11.5. The molecular weight excluding hydrogens is 496 g/mol. The molecule has 0 amide bonds. The average Bonchev–Trinajstić information content (AvgIpc) is 2.77. The lowest BCUT2D eigenvalue weighted by atomic mass is 9.99. The van der Waals surface area contributed by atoms with Gasteiger partial charge in [0.15, 0.2) is 11.5 Å². The van der Waals surface area contributed by atoms with E-state index in [-0.39, 0.29) is 39.5 Å². The van der Waals surface area contributed by atoms with Crippen molar-refractivity contribution < 1.29 is 42.5 Å². The second-order valence-electron chi connectivity index (χ2n) is 8.60. The Hall–Kier alpha value is -4.73. The minimum absolute atomic E-state index is 0.00950. The van der Waals surface area contributed by atoms with E-state index < -0.39 is 29.3 Å². The molecule has 1 aromatic heterocycles. The number of ether oxygens (including phenoxy) is 4. The van der Waals surface area contributed by atoms with Crippen molar-refractivity contribution in [3.8, 4) is 34.1 Å². The van der Waals surface area contributed by atoms with Gasteiger partial charge in [0.1, 0.15) is 28.7 Å². The van der Waals surface area contributed by atoms with Crippen molar-refractivity contribution in [1.29, 1.82) is 0 Å². The monoisotopic (exact) mass is 522 g/mol. The van der Waals surface area contributed by atoms with Crippen LogP contribution in [0, 0.1) is 0 Å². The van der Waals surface area contributed by atoms with Gasteiger partial charge in [-0.3, -0.25) is 24.0 Å². The molecule has 0 aliphatic heterocycles. The van der Waals surface area contributed by atoms with Crippen LogP contribution in [0.1, 0.15) is 47.1 Å². The summed E-state index contributed by atoms with van der Waals surface area (Å²) in [6, 6.07) is 5.55. The van der Waals surface area contributed by atoms with Gasteiger partial charge in [-0.15, -0.1) is 0 Å². The molecule has 0 aliphatic rings. The Morgan fingerprint density at radius 1 is 0.763 bits per heavy atom. The van der Waals surface area contributed by atoms with Gasteiger partial charge in [0.25, 0.3) is 0 Å². The Labute approximate surface area is 217 Å². The molecular formula is C28H26O10. The highest BCUT2D eigenvalue weighted by Crippen LogP contribution is 2.38. The molecule has 1 heterocycles. The van der Waals surface area contributed by atoms with Gasteiger partial charge in [-0.2, -0.15) is 0 Å². The van der Waals surface area contributed by atoms with E-state index in [1.165, 1.54) is 45.2 Å². The number of fused-ring (bicyclic) bond motifs is 1. The standard InChI is InChI=1S/C28H26O10/c1-14(2)7-8-19-9-20(10-25(37-17(5)31)28(19)38-18(6)32)22-13-34-23-11-21(35-15(3)29)12-24(36-16(4)30)26(23)27(22)33/h7,9-13H,8H2,1-6H3. The Bertz CT molecular complexity index is 1540. The van der Waals surface area contributed by atoms with Gasteiger partial charge in [-0.05, 0) is 38.0 Å². The van der Waals surface area contributed by atoms with E-state index in [4.69, 9.17) is 23.4 Å². The number of esters is 4. The molecule has 0 unspecified atom stereocenters. The Kier molecular flexibility index (Phi) is 8.46. The number of allylic oxidation sites excluding steroid dienone is 2. The van der Waals surface area contributed by atoms with Crippen molar-refractivity contribution in [3.63, 3.8) is 0 Å². The second-order valence-corrected chi connectivity index (χ2v) is 8.60. The normalized spacial score (nSPS) is 10.5. The van der Waals surface area contributed by atoms with E-state index in [9.17, 15) is 24.0 Å². The van der Waals surface area contributed by atoms with Gasteiger partial charge in [-0.25, -0.2) is 0 Å². The summed E-state index contributed by atoms with van der Waals surface area (Å²) >= 11 is 0. The maximum Gasteiger partial charge on any atom is 0.308 e. The Morgan fingerprint density at radius 3 is 1.95 bits per heavy atom. The number of hydrogen-bond acceptors (Lipinski definition) is 10. The van der Waals surface area contributed by atoms with E-state index in [1.54, 1.807) is 6.07 Å². The van der Waals surface area contributed by atoms with Gasteiger partial charge >= 0.3 is 23.9 Å². The highest BCUT2D eigenvalue weighted by Gasteiger charge is 2.22. The van der Waals surface area contributed by atoms with Gasteiger partial charge < -0.3 is 23.4 Å². The first-order valence-corrected chi connectivity index (χ1v) is 11.5. The fourth-order valence-electron chi connectivity index (χ4n) is 3.62. The van der Waals surface area contributed by atoms with E-state index in [2.05, 4.69) is 0 Å².